The van der Waals surface area contributed by atoms with Crippen molar-refractivity contribution in [2.75, 3.05) is 39.8 Å². The third-order valence-corrected chi connectivity index (χ3v) is 5.16. The van der Waals surface area contributed by atoms with Crippen molar-refractivity contribution in [2.45, 2.75) is 25.6 Å². The normalized spacial score (nSPS) is 24.9. The fraction of sp³-hybridized carbons (Fsp3) is 0.556. The lowest BCUT2D eigenvalue weighted by atomic mass is 10.1. The van der Waals surface area contributed by atoms with Crippen LogP contribution in [-0.2, 0) is 6.54 Å². The summed E-state index contributed by atoms with van der Waals surface area (Å²) in [6, 6.07) is 10.2. The Morgan fingerprint density at radius 2 is 1.92 bits per heavy atom. The summed E-state index contributed by atoms with van der Waals surface area (Å²) in [6.07, 6.45) is -0.887. The van der Waals surface area contributed by atoms with Gasteiger partial charge in [0.05, 0.1) is 0 Å². The van der Waals surface area contributed by atoms with Crippen LogP contribution >= 0.6 is 0 Å². The molecule has 7 nitrogen and oxygen atoms in total. The van der Waals surface area contributed by atoms with E-state index >= 15 is 0 Å². The zero-order valence-electron chi connectivity index (χ0n) is 14.8. The van der Waals surface area contributed by atoms with Gasteiger partial charge in [0.25, 0.3) is 0 Å². The first-order chi connectivity index (χ1) is 12.0. The molecule has 2 heterocycles. The molecular formula is C18H26N4O3. The van der Waals surface area contributed by atoms with Crippen molar-refractivity contribution < 1.29 is 14.7 Å². The molecule has 0 aromatic heterocycles. The molecule has 2 aliphatic rings. The van der Waals surface area contributed by atoms with Gasteiger partial charge < -0.3 is 19.8 Å². The molecule has 7 heteroatoms. The molecule has 2 atom stereocenters. The van der Waals surface area contributed by atoms with Crippen LogP contribution in [0.15, 0.2) is 30.3 Å². The highest BCUT2D eigenvalue weighted by Gasteiger charge is 2.37. The van der Waals surface area contributed by atoms with E-state index in [1.54, 1.807) is 11.9 Å². The monoisotopic (exact) mass is 346 g/mol. The molecule has 0 unspecified atom stereocenters. The summed E-state index contributed by atoms with van der Waals surface area (Å²) in [5.74, 6) is 0. The number of piperazine rings is 1. The summed E-state index contributed by atoms with van der Waals surface area (Å²) in [6.45, 7) is 5.79. The van der Waals surface area contributed by atoms with Gasteiger partial charge in [-0.25, -0.2) is 9.59 Å². The van der Waals surface area contributed by atoms with Gasteiger partial charge in [-0.3, -0.25) is 4.90 Å². The van der Waals surface area contributed by atoms with Crippen LogP contribution in [0.5, 0.6) is 0 Å². The van der Waals surface area contributed by atoms with Gasteiger partial charge in [-0.15, -0.1) is 0 Å². The first-order valence-electron chi connectivity index (χ1n) is 8.73. The lowest BCUT2D eigenvalue weighted by molar-refractivity contribution is 0.0246. The highest BCUT2D eigenvalue weighted by atomic mass is 16.4. The second kappa shape index (κ2) is 7.31. The van der Waals surface area contributed by atoms with Crippen molar-refractivity contribution in [3.8, 4) is 0 Å². The summed E-state index contributed by atoms with van der Waals surface area (Å²) in [5.41, 5.74) is 1.20. The number of benzene rings is 1. The molecule has 0 spiro atoms. The Kier molecular flexibility index (Phi) is 5.13. The summed E-state index contributed by atoms with van der Waals surface area (Å²) in [5, 5.41) is 9.48. The number of amides is 3. The van der Waals surface area contributed by atoms with Crippen molar-refractivity contribution >= 4 is 12.1 Å². The third-order valence-electron chi connectivity index (χ3n) is 5.16. The molecule has 2 aliphatic heterocycles. The van der Waals surface area contributed by atoms with Crippen LogP contribution in [0.2, 0.25) is 0 Å². The number of carbonyl (C=O) groups is 2. The quantitative estimate of drug-likeness (QED) is 0.899. The predicted octanol–water partition coefficient (Wildman–Crippen LogP) is 1.61. The summed E-state index contributed by atoms with van der Waals surface area (Å²) in [4.78, 5) is 31.1. The number of urea groups is 1. The second-order valence-electron chi connectivity index (χ2n) is 7.00. The van der Waals surface area contributed by atoms with E-state index in [0.29, 0.717) is 26.2 Å². The maximum absolute atomic E-state index is 12.2. The highest BCUT2D eigenvalue weighted by Crippen LogP contribution is 2.20. The predicted molar refractivity (Wildman–Crippen MR) is 94.4 cm³/mol. The van der Waals surface area contributed by atoms with Crippen LogP contribution < -0.4 is 0 Å². The van der Waals surface area contributed by atoms with E-state index in [1.165, 1.54) is 10.5 Å². The highest BCUT2D eigenvalue weighted by molar-refractivity contribution is 5.76. The van der Waals surface area contributed by atoms with E-state index in [1.807, 2.05) is 30.0 Å². The van der Waals surface area contributed by atoms with Crippen molar-refractivity contribution in [3.63, 3.8) is 0 Å². The van der Waals surface area contributed by atoms with Crippen molar-refractivity contribution in [2.24, 2.45) is 0 Å². The average Bonchev–Trinajstić information content (AvgIpc) is 2.89. The molecule has 3 amide bonds. The SMILES string of the molecule is C[C@@H]1CN(Cc2ccccc2)[C@@H](CN2CCN(C)C2=O)CN1C(=O)O. The lowest BCUT2D eigenvalue weighted by Gasteiger charge is -2.45. The number of carboxylic acid groups (broad SMARTS) is 1. The van der Waals surface area contributed by atoms with E-state index in [-0.39, 0.29) is 18.1 Å². The molecule has 25 heavy (non-hydrogen) atoms. The van der Waals surface area contributed by atoms with E-state index in [4.69, 9.17) is 0 Å². The summed E-state index contributed by atoms with van der Waals surface area (Å²) < 4.78 is 0. The van der Waals surface area contributed by atoms with Crippen LogP contribution in [0.3, 0.4) is 0 Å². The standard InChI is InChI=1S/C18H26N4O3/c1-14-10-21(11-15-6-4-3-5-7-15)16(13-22(14)18(24)25)12-20-9-8-19(2)17(20)23/h3-7,14,16H,8-13H2,1-2H3,(H,24,25)/t14-,16+/m1/s1. The molecule has 1 aromatic rings. The molecule has 0 bridgehead atoms. The zero-order chi connectivity index (χ0) is 18.0. The van der Waals surface area contributed by atoms with Gasteiger partial charge in [0.2, 0.25) is 0 Å². The lowest BCUT2D eigenvalue weighted by Crippen LogP contribution is -2.61. The minimum Gasteiger partial charge on any atom is -0.465 e. The smallest absolute Gasteiger partial charge is 0.407 e. The number of carbonyl (C=O) groups excluding carboxylic acids is 1. The van der Waals surface area contributed by atoms with Crippen LogP contribution in [0, 0.1) is 0 Å². The topological polar surface area (TPSA) is 67.3 Å². The maximum Gasteiger partial charge on any atom is 0.407 e. The van der Waals surface area contributed by atoms with Gasteiger partial charge in [0.1, 0.15) is 0 Å². The first kappa shape index (κ1) is 17.5. The molecule has 2 fully saturated rings. The number of hydrogen-bond donors (Lipinski definition) is 1. The summed E-state index contributed by atoms with van der Waals surface area (Å²) in [7, 11) is 1.80. The van der Waals surface area contributed by atoms with Gasteiger partial charge in [-0.1, -0.05) is 30.3 Å². The largest absolute Gasteiger partial charge is 0.465 e. The van der Waals surface area contributed by atoms with Crippen molar-refractivity contribution in [1.82, 2.24) is 19.6 Å². The van der Waals surface area contributed by atoms with Gasteiger partial charge in [0.15, 0.2) is 0 Å². The molecule has 1 N–H and O–H groups in total. The van der Waals surface area contributed by atoms with Crippen LogP contribution in [-0.4, -0.2) is 88.7 Å². The molecule has 0 saturated carbocycles. The van der Waals surface area contributed by atoms with E-state index in [0.717, 1.165) is 13.1 Å². The van der Waals surface area contributed by atoms with Gasteiger partial charge in [-0.05, 0) is 12.5 Å². The van der Waals surface area contributed by atoms with E-state index in [2.05, 4.69) is 17.0 Å². The molecular weight excluding hydrogens is 320 g/mol. The molecule has 0 radical (unpaired) electrons. The first-order valence-corrected chi connectivity index (χ1v) is 8.73. The van der Waals surface area contributed by atoms with Gasteiger partial charge >= 0.3 is 12.1 Å². The van der Waals surface area contributed by atoms with Gasteiger partial charge in [0, 0.05) is 58.4 Å². The second-order valence-corrected chi connectivity index (χ2v) is 7.00. The van der Waals surface area contributed by atoms with Crippen LogP contribution in [0.25, 0.3) is 0 Å². The average molecular weight is 346 g/mol. The number of hydrogen-bond acceptors (Lipinski definition) is 3. The van der Waals surface area contributed by atoms with E-state index in [9.17, 15) is 14.7 Å². The van der Waals surface area contributed by atoms with E-state index < -0.39 is 6.09 Å². The van der Waals surface area contributed by atoms with Crippen molar-refractivity contribution in [1.29, 1.82) is 0 Å². The Bertz CT molecular complexity index is 624. The minimum atomic E-state index is -0.887. The Morgan fingerprint density at radius 1 is 1.20 bits per heavy atom. The van der Waals surface area contributed by atoms with Crippen molar-refractivity contribution in [3.05, 3.63) is 35.9 Å². The molecule has 1 aromatic carbocycles. The third kappa shape index (κ3) is 3.87. The minimum absolute atomic E-state index is 0.00274. The fourth-order valence-corrected chi connectivity index (χ4v) is 3.69. The fourth-order valence-electron chi connectivity index (χ4n) is 3.69. The molecule has 3 rings (SSSR count). The molecule has 136 valence electrons. The number of likely N-dealkylation sites (N-methyl/N-ethyl adjacent to an activating group) is 1. The molecule has 0 aliphatic carbocycles. The number of rotatable bonds is 4. The Morgan fingerprint density at radius 3 is 2.52 bits per heavy atom. The summed E-state index contributed by atoms with van der Waals surface area (Å²) >= 11 is 0. The Labute approximate surface area is 148 Å². The Balaban J connectivity index is 1.75. The van der Waals surface area contributed by atoms with Crippen LogP contribution in [0.4, 0.5) is 9.59 Å². The number of nitrogens with zero attached hydrogens (tertiary/aromatic N) is 4. The molecule has 2 saturated heterocycles. The Hall–Kier alpha value is -2.28. The zero-order valence-corrected chi connectivity index (χ0v) is 14.8. The maximum atomic E-state index is 12.2. The van der Waals surface area contributed by atoms with Crippen LogP contribution in [0.1, 0.15) is 12.5 Å². The van der Waals surface area contributed by atoms with Gasteiger partial charge in [-0.2, -0.15) is 0 Å².